The van der Waals surface area contributed by atoms with Crippen molar-refractivity contribution in [3.05, 3.63) is 121 Å². The highest BCUT2D eigenvalue weighted by Gasteiger charge is 2.46. The number of hydrogen-bond acceptors (Lipinski definition) is 36. The number of ether oxygens (including phenoxy) is 10. The number of carbonyl (C=O) groups excluding carboxylic acids is 6. The van der Waals surface area contributed by atoms with Crippen molar-refractivity contribution >= 4 is 105 Å². The Morgan fingerprint density at radius 2 is 1.06 bits per heavy atom. The van der Waals surface area contributed by atoms with Crippen molar-refractivity contribution in [2.75, 3.05) is 118 Å². The molecule has 0 bridgehead atoms. The van der Waals surface area contributed by atoms with E-state index in [4.69, 9.17) is 94.0 Å². The molecule has 0 saturated carbocycles. The number of anilines is 2. The van der Waals surface area contributed by atoms with Gasteiger partial charge in [-0.25, -0.2) is 42.2 Å². The Bertz CT molecular complexity index is 5160. The van der Waals surface area contributed by atoms with Crippen LogP contribution in [-0.2, 0) is 111 Å². The zero-order chi connectivity index (χ0) is 92.1. The monoisotopic (exact) mass is 1890 g/mol. The summed E-state index contributed by atoms with van der Waals surface area (Å²) in [4.78, 5) is 175. The van der Waals surface area contributed by atoms with Crippen LogP contribution in [0.4, 0.5) is 11.6 Å². The van der Waals surface area contributed by atoms with E-state index in [-0.39, 0.29) is 119 Å². The Labute approximate surface area is 708 Å². The number of phosphoric ester groups is 2. The summed E-state index contributed by atoms with van der Waals surface area (Å²) >= 11 is 0. The summed E-state index contributed by atoms with van der Waals surface area (Å²) in [5.74, 6) is 10.0. The minimum Gasteiger partial charge on any atom is -0.491 e. The number of rotatable bonds is 51. The lowest BCUT2D eigenvalue weighted by molar-refractivity contribution is -0.127. The van der Waals surface area contributed by atoms with Crippen LogP contribution in [-0.4, -0.2) is 242 Å². The maximum absolute atomic E-state index is 12.7. The summed E-state index contributed by atoms with van der Waals surface area (Å²) in [6.45, 7) is 0.681. The van der Waals surface area contributed by atoms with Crippen LogP contribution < -0.4 is 47.9 Å². The number of nitrogens with two attached hydrogens (primary N) is 2. The van der Waals surface area contributed by atoms with Gasteiger partial charge in [0.05, 0.1) is 74.9 Å². The topological polar surface area (TPSA) is 778 Å². The van der Waals surface area contributed by atoms with Crippen molar-refractivity contribution in [3.63, 3.8) is 0 Å². The molecule has 4 amide bonds. The summed E-state index contributed by atoms with van der Waals surface area (Å²) in [7, 11) is -31.0. The Hall–Kier alpha value is -9.40. The predicted molar refractivity (Wildman–Crippen MR) is 425 cm³/mol. The molecule has 2 aromatic carbocycles. The number of ketones is 2. The minimum absolute atomic E-state index is 0.0259. The van der Waals surface area contributed by atoms with Crippen LogP contribution in [0.15, 0.2) is 82.3 Å². The Morgan fingerprint density at radius 3 is 1.53 bits per heavy atom. The van der Waals surface area contributed by atoms with E-state index in [1.165, 1.54) is 52.7 Å². The van der Waals surface area contributed by atoms with Crippen LogP contribution in [0, 0.1) is 23.7 Å². The lowest BCUT2D eigenvalue weighted by atomic mass is 10.2. The van der Waals surface area contributed by atoms with E-state index in [0.717, 1.165) is 4.57 Å². The summed E-state index contributed by atoms with van der Waals surface area (Å²) in [6, 6.07) is 12.6. The van der Waals surface area contributed by atoms with E-state index >= 15 is 0 Å². The van der Waals surface area contributed by atoms with Crippen LogP contribution >= 0.6 is 46.9 Å². The van der Waals surface area contributed by atoms with Gasteiger partial charge in [-0.05, 0) is 74.1 Å². The zero-order valence-corrected chi connectivity index (χ0v) is 71.9. The molecule has 5 aromatic rings. The molecular weight excluding hydrogens is 1800 g/mol. The number of nitrogens with zero attached hydrogens (tertiary/aromatic N) is 11. The molecule has 2 fully saturated rings. The van der Waals surface area contributed by atoms with Crippen molar-refractivity contribution in [1.29, 1.82) is 0 Å². The molecule has 60 heteroatoms. The fraction of sp³-hybridized carbons (Fsp3) is 0.508. The summed E-state index contributed by atoms with van der Waals surface area (Å²) < 4.78 is 152. The molecule has 7 rings (SSSR count). The maximum atomic E-state index is 12.7. The fourth-order valence-corrected chi connectivity index (χ4v) is 16.8. The third kappa shape index (κ3) is 38.8. The van der Waals surface area contributed by atoms with E-state index in [9.17, 15) is 80.5 Å². The van der Waals surface area contributed by atoms with Crippen LogP contribution in [0.1, 0.15) is 103 Å². The van der Waals surface area contributed by atoms with E-state index in [2.05, 4.69) is 102 Å². The van der Waals surface area contributed by atoms with Gasteiger partial charge in [0.25, 0.3) is 11.8 Å². The second kappa shape index (κ2) is 50.8. The Morgan fingerprint density at radius 1 is 0.600 bits per heavy atom. The minimum atomic E-state index is -5.76. The average Bonchev–Trinajstić information content (AvgIpc) is 1.62. The normalized spacial score (nSPS) is 18.5. The largest absolute Gasteiger partial charge is 0.491 e. The number of carbonyl (C=O) groups is 6. The SMILES string of the molecule is COC1CC(n2cc(C#CCCNC(=O)COCCOC(COc3cccc(C(=O)NCCCC(C)=O)c3)N=[N+]=[N-])c3c(N)ncnc32)OC1COP(=O)(O)OP(=O)(O)OP(=O)(O)O.CO[C@H]1CC(n2cc(C#CCNC(=O)COCCOC(COc3cccc(C(=O)NCCCC(C)=O)c3)N=[N+]=[N-])c(N)nc2=O)OC1COP(=O)(O)OP(=O)(O)OP(=O)(O)O. The number of Topliss-reactive ketones (excluding diaryl/α,β-unsaturated/α-hetero) is 2. The maximum Gasteiger partial charge on any atom is 0.490 e. The van der Waals surface area contributed by atoms with Crippen molar-refractivity contribution in [1.82, 2.24) is 45.4 Å². The van der Waals surface area contributed by atoms with Crippen LogP contribution in [0.5, 0.6) is 11.5 Å². The third-order valence-corrected chi connectivity index (χ3v) is 23.7. The highest BCUT2D eigenvalue weighted by Crippen LogP contribution is 2.67. The third-order valence-electron chi connectivity index (χ3n) is 16.1. The number of hydrogen-bond donors (Lipinski definition) is 14. The predicted octanol–water partition coefficient (Wildman–Crippen LogP) is 3.15. The molecule has 2 aliphatic heterocycles. The number of benzene rings is 2. The van der Waals surface area contributed by atoms with E-state index in [0.29, 0.717) is 78.0 Å². The molecule has 11 unspecified atom stereocenters. The molecule has 125 heavy (non-hydrogen) atoms. The van der Waals surface area contributed by atoms with Crippen molar-refractivity contribution in [3.8, 4) is 35.2 Å². The highest BCUT2D eigenvalue weighted by atomic mass is 31.3. The molecule has 2 aliphatic rings. The number of amides is 4. The molecule has 0 radical (unpaired) electrons. The molecule has 0 aliphatic carbocycles. The molecule has 3 aromatic heterocycles. The van der Waals surface area contributed by atoms with E-state index < -0.39 is 134 Å². The second-order valence-corrected chi connectivity index (χ2v) is 34.5. The van der Waals surface area contributed by atoms with Gasteiger partial charge in [-0.3, -0.25) is 32.8 Å². The summed E-state index contributed by atoms with van der Waals surface area (Å²) in [5.41, 5.74) is 30.4. The fourth-order valence-electron chi connectivity index (χ4n) is 10.7. The molecule has 12 atom stereocenters. The van der Waals surface area contributed by atoms with E-state index in [1.54, 1.807) is 47.2 Å². The van der Waals surface area contributed by atoms with Gasteiger partial charge in [0.1, 0.15) is 97.8 Å². The van der Waals surface area contributed by atoms with Crippen molar-refractivity contribution in [2.45, 2.75) is 108 Å². The number of nitrogens with one attached hydrogen (secondary N) is 4. The number of methoxy groups -OCH3 is 2. The smallest absolute Gasteiger partial charge is 0.490 e. The van der Waals surface area contributed by atoms with Gasteiger partial charge in [-0.2, -0.15) is 22.2 Å². The zero-order valence-electron chi connectivity index (χ0n) is 66.5. The van der Waals surface area contributed by atoms with Gasteiger partial charge >= 0.3 is 52.6 Å². The molecule has 0 spiro atoms. The number of azide groups is 2. The first kappa shape index (κ1) is 104. The number of fused-ring (bicyclic) bond motifs is 1. The van der Waals surface area contributed by atoms with Gasteiger partial charge in [-0.15, -0.1) is 0 Å². The highest BCUT2D eigenvalue weighted by molar-refractivity contribution is 7.67. The van der Waals surface area contributed by atoms with Gasteiger partial charge in [0, 0.05) is 99.3 Å². The number of nitrogen functional groups attached to an aromatic ring is 2. The lowest BCUT2D eigenvalue weighted by Crippen LogP contribution is -2.29. The second-order valence-electron chi connectivity index (χ2n) is 25.6. The van der Waals surface area contributed by atoms with Crippen LogP contribution in [0.25, 0.3) is 31.9 Å². The lowest BCUT2D eigenvalue weighted by Gasteiger charge is -2.20. The van der Waals surface area contributed by atoms with Crippen molar-refractivity contribution < 1.29 is 169 Å². The Balaban J connectivity index is 0.000000387. The first-order valence-electron chi connectivity index (χ1n) is 36.4. The van der Waals surface area contributed by atoms with Crippen LogP contribution in [0.3, 0.4) is 0 Å². The average molecular weight is 1890 g/mol. The standard InChI is InChI=1S/C34H46N9O18P3.C31H43N8O19P3/c1-22(44)7-6-12-38-34(46)23-9-5-10-25(15-23)57-20-29(41-42-36)56-14-13-55-19-28(45)37-11-4-3-8-24-17-43(33-31(24)32(35)39-21-40-33)30-16-26(54-2)27(59-30)18-58-63(50,51)61-64(52,53)60-62(47,48)49;1-20(40)6-4-11-35-30(42)21-7-3-9-23(14-21)54-19-27(37-38-33)53-13-12-52-18-26(41)34-10-5-8-22-16-39(31(43)36-29(22)32)28-15-24(51-2)25(56-28)17-55-60(47,48)58-61(49,50)57-59(44,45)46/h5,9-10,15,17,21,26-27,29-30H,4,6-7,11-14,16,18-20H2,1-2H3,(H,37,45)(H,38,46)(H,50,51)(H,52,53)(H2,35,39,40)(H2,47,48,49);3,7,9,14,16,24-25,27-28H,4,6,10-13,15,17-19H2,1-2H3,(H,34,41)(H,35,42)(H,47,48)(H,49,50)(H2,32,36,43)(H2,44,45,46)/t;24-,25?,27?,28?/m.0/s1. The molecule has 2 saturated heterocycles. The molecular formula is C65H89N17O37P6. The van der Waals surface area contributed by atoms with Gasteiger partial charge in [-0.1, -0.05) is 46.0 Å². The number of aromatic nitrogens is 5. The summed E-state index contributed by atoms with van der Waals surface area (Å²) in [6.07, 6.45) is -1.97. The molecule has 5 heterocycles. The summed E-state index contributed by atoms with van der Waals surface area (Å²) in [5, 5.41) is 18.0. The van der Waals surface area contributed by atoms with Crippen LogP contribution in [0.2, 0.25) is 0 Å². The molecule has 16 N–H and O–H groups in total. The van der Waals surface area contributed by atoms with Gasteiger partial charge < -0.3 is 133 Å². The van der Waals surface area contributed by atoms with E-state index in [1.807, 2.05) is 0 Å². The quantitative estimate of drug-likeness (QED) is 0.00664. The van der Waals surface area contributed by atoms with Gasteiger partial charge in [0.2, 0.25) is 11.8 Å². The molecule has 686 valence electrons. The molecule has 54 nitrogen and oxygen atoms in total. The number of phosphoric acid groups is 6. The Kier molecular flexibility index (Phi) is 42.4. The first-order chi connectivity index (χ1) is 59.0. The van der Waals surface area contributed by atoms with Crippen molar-refractivity contribution in [2.24, 2.45) is 10.2 Å². The first-order valence-corrected chi connectivity index (χ1v) is 45.5. The van der Waals surface area contributed by atoms with Gasteiger partial charge in [0.15, 0.2) is 12.5 Å².